The third kappa shape index (κ3) is 6.88. The number of fused-ring (bicyclic) bond motifs is 1. The van der Waals surface area contributed by atoms with Gasteiger partial charge in [-0.1, -0.05) is 25.3 Å². The minimum atomic E-state index is -0.0591. The first-order valence-electron chi connectivity index (χ1n) is 13.8. The van der Waals surface area contributed by atoms with E-state index in [9.17, 15) is 4.79 Å². The summed E-state index contributed by atoms with van der Waals surface area (Å²) in [6, 6.07) is 7.79. The number of hydrogen-bond donors (Lipinski definition) is 1. The van der Waals surface area contributed by atoms with E-state index in [-0.39, 0.29) is 11.9 Å². The van der Waals surface area contributed by atoms with Crippen LogP contribution in [0.3, 0.4) is 0 Å². The molecule has 1 aliphatic carbocycles. The number of amides is 1. The van der Waals surface area contributed by atoms with Crippen molar-refractivity contribution in [1.29, 1.82) is 0 Å². The fourth-order valence-electron chi connectivity index (χ4n) is 5.37. The second kappa shape index (κ2) is 13.2. The number of carbonyl (C=O) groups is 1. The molecule has 7 nitrogen and oxygen atoms in total. The molecule has 0 spiro atoms. The van der Waals surface area contributed by atoms with Crippen molar-refractivity contribution in [3.63, 3.8) is 0 Å². The van der Waals surface area contributed by atoms with Gasteiger partial charge in [0, 0.05) is 31.1 Å². The average Bonchev–Trinajstić information content (AvgIpc) is 2.91. The summed E-state index contributed by atoms with van der Waals surface area (Å²) < 4.78 is 17.6. The molecular weight excluding hydrogens is 454 g/mol. The molecule has 1 saturated heterocycles. The number of piperidine rings is 1. The fourth-order valence-corrected chi connectivity index (χ4v) is 5.37. The van der Waals surface area contributed by atoms with Crippen LogP contribution in [0.5, 0.6) is 11.5 Å². The highest BCUT2D eigenvalue weighted by Crippen LogP contribution is 2.33. The number of ether oxygens (including phenoxy) is 3. The van der Waals surface area contributed by atoms with Crippen LogP contribution in [0.4, 0.5) is 0 Å². The molecule has 1 aromatic heterocycles. The van der Waals surface area contributed by atoms with Crippen LogP contribution >= 0.6 is 0 Å². The van der Waals surface area contributed by atoms with Gasteiger partial charge in [-0.15, -0.1) is 0 Å². The Balaban J connectivity index is 1.63. The fraction of sp³-hybridized carbons (Fsp3) is 0.655. The number of pyridine rings is 1. The normalized spacial score (nSPS) is 18.9. The van der Waals surface area contributed by atoms with Crippen LogP contribution < -0.4 is 14.8 Å². The van der Waals surface area contributed by atoms with Gasteiger partial charge in [0.1, 0.15) is 29.3 Å². The highest BCUT2D eigenvalue weighted by atomic mass is 16.5. The van der Waals surface area contributed by atoms with Crippen LogP contribution in [0.15, 0.2) is 24.3 Å². The van der Waals surface area contributed by atoms with Gasteiger partial charge in [0.2, 0.25) is 0 Å². The van der Waals surface area contributed by atoms with Gasteiger partial charge in [-0.25, -0.2) is 4.98 Å². The Morgan fingerprint density at radius 3 is 2.58 bits per heavy atom. The maximum Gasteiger partial charge on any atom is 0.272 e. The number of rotatable bonds is 11. The summed E-state index contributed by atoms with van der Waals surface area (Å²) in [7, 11) is 1.65. The first-order chi connectivity index (χ1) is 17.6. The summed E-state index contributed by atoms with van der Waals surface area (Å²) >= 11 is 0. The summed E-state index contributed by atoms with van der Waals surface area (Å²) in [5.74, 6) is 2.34. The van der Waals surface area contributed by atoms with Crippen LogP contribution in [0.1, 0.15) is 69.3 Å². The Bertz CT molecular complexity index is 984. The van der Waals surface area contributed by atoms with Gasteiger partial charge >= 0.3 is 0 Å². The monoisotopic (exact) mass is 497 g/mol. The van der Waals surface area contributed by atoms with E-state index < -0.39 is 0 Å². The molecule has 0 unspecified atom stereocenters. The molecule has 36 heavy (non-hydrogen) atoms. The Hall–Kier alpha value is -2.38. The second-order valence-corrected chi connectivity index (χ2v) is 10.6. The molecule has 4 rings (SSSR count). The Labute approximate surface area is 215 Å². The molecule has 2 heterocycles. The third-order valence-corrected chi connectivity index (χ3v) is 7.47. The number of nitrogens with zero attached hydrogens (tertiary/aromatic N) is 2. The van der Waals surface area contributed by atoms with Gasteiger partial charge in [-0.2, -0.15) is 0 Å². The van der Waals surface area contributed by atoms with E-state index in [1.807, 2.05) is 23.1 Å². The van der Waals surface area contributed by atoms with Crippen LogP contribution in [0.25, 0.3) is 10.9 Å². The largest absolute Gasteiger partial charge is 0.491 e. The summed E-state index contributed by atoms with van der Waals surface area (Å²) in [5, 5.41) is 4.32. The molecule has 1 saturated carbocycles. The topological polar surface area (TPSA) is 72.9 Å². The Morgan fingerprint density at radius 2 is 1.86 bits per heavy atom. The van der Waals surface area contributed by atoms with Crippen molar-refractivity contribution in [1.82, 2.24) is 15.2 Å². The zero-order valence-corrected chi connectivity index (χ0v) is 22.3. The number of hydrogen-bond acceptors (Lipinski definition) is 6. The van der Waals surface area contributed by atoms with E-state index in [4.69, 9.17) is 19.2 Å². The van der Waals surface area contributed by atoms with Gasteiger partial charge in [0.15, 0.2) is 0 Å². The van der Waals surface area contributed by atoms with Crippen LogP contribution in [0.2, 0.25) is 0 Å². The minimum Gasteiger partial charge on any atom is -0.491 e. The summed E-state index contributed by atoms with van der Waals surface area (Å²) in [4.78, 5) is 20.7. The zero-order chi connectivity index (χ0) is 25.3. The molecule has 1 aromatic carbocycles. The molecule has 7 heteroatoms. The number of methoxy groups -OCH3 is 1. The predicted molar refractivity (Wildman–Crippen MR) is 143 cm³/mol. The van der Waals surface area contributed by atoms with Gasteiger partial charge in [0.25, 0.3) is 5.91 Å². The number of para-hydroxylation sites is 1. The molecule has 2 aromatic rings. The molecule has 1 amide bonds. The lowest BCUT2D eigenvalue weighted by Crippen LogP contribution is -2.44. The smallest absolute Gasteiger partial charge is 0.272 e. The number of carbonyl (C=O) groups excluding carboxylic acids is 1. The van der Waals surface area contributed by atoms with Crippen LogP contribution in [-0.4, -0.2) is 68.4 Å². The van der Waals surface area contributed by atoms with E-state index in [1.54, 1.807) is 13.2 Å². The van der Waals surface area contributed by atoms with Gasteiger partial charge in [-0.05, 0) is 76.6 Å². The molecule has 198 valence electrons. The molecule has 2 fully saturated rings. The number of benzene rings is 1. The lowest BCUT2D eigenvalue weighted by atomic mass is 9.90. The molecule has 1 aliphatic heterocycles. The summed E-state index contributed by atoms with van der Waals surface area (Å²) in [6.45, 7) is 8.44. The van der Waals surface area contributed by atoms with Crippen molar-refractivity contribution in [3.8, 4) is 11.5 Å². The zero-order valence-electron chi connectivity index (χ0n) is 22.3. The minimum absolute atomic E-state index is 0.0591. The Morgan fingerprint density at radius 1 is 1.06 bits per heavy atom. The molecule has 0 radical (unpaired) electrons. The van der Waals surface area contributed by atoms with Crippen molar-refractivity contribution in [2.45, 2.75) is 64.8 Å². The van der Waals surface area contributed by atoms with Crippen molar-refractivity contribution in [2.75, 3.05) is 46.6 Å². The maximum absolute atomic E-state index is 13.8. The first kappa shape index (κ1) is 26.7. The predicted octanol–water partition coefficient (Wildman–Crippen LogP) is 5.07. The van der Waals surface area contributed by atoms with Gasteiger partial charge in [-0.3, -0.25) is 4.79 Å². The lowest BCUT2D eigenvalue weighted by Gasteiger charge is -2.33. The summed E-state index contributed by atoms with van der Waals surface area (Å²) in [6.07, 6.45) is 8.60. The van der Waals surface area contributed by atoms with Gasteiger partial charge < -0.3 is 24.4 Å². The Kier molecular flexibility index (Phi) is 9.82. The molecule has 1 atom stereocenters. The maximum atomic E-state index is 13.8. The molecule has 0 bridgehead atoms. The third-order valence-electron chi connectivity index (χ3n) is 7.47. The van der Waals surface area contributed by atoms with Crippen molar-refractivity contribution in [2.24, 2.45) is 11.8 Å². The standard InChI is InChI=1S/C29H43N3O4/c1-21(2)32(19-23-11-8-14-30-18-23)29(33)25-17-27(35-16-15-34-3)24-12-7-13-26(28(24)31-25)36-20-22-9-5-4-6-10-22/h7,12-13,17,21-23,30H,4-6,8-11,14-16,18-20H2,1-3H3/t23-/m1/s1. The second-order valence-electron chi connectivity index (χ2n) is 10.6. The SMILES string of the molecule is COCCOc1cc(C(=O)N(C[C@@H]2CCCNC2)C(C)C)nc2c(OCC3CCCCC3)cccc12. The van der Waals surface area contributed by atoms with Crippen molar-refractivity contribution < 1.29 is 19.0 Å². The quantitative estimate of drug-likeness (QED) is 0.437. The highest BCUT2D eigenvalue weighted by Gasteiger charge is 2.26. The summed E-state index contributed by atoms with van der Waals surface area (Å²) in [5.41, 5.74) is 1.09. The van der Waals surface area contributed by atoms with Crippen molar-refractivity contribution in [3.05, 3.63) is 30.0 Å². The number of nitrogens with one attached hydrogen (secondary N) is 1. The van der Waals surface area contributed by atoms with E-state index in [2.05, 4.69) is 19.2 Å². The van der Waals surface area contributed by atoms with E-state index in [0.717, 1.165) is 43.6 Å². The van der Waals surface area contributed by atoms with Crippen molar-refractivity contribution >= 4 is 16.8 Å². The van der Waals surface area contributed by atoms with E-state index in [1.165, 1.54) is 32.1 Å². The van der Waals surface area contributed by atoms with Gasteiger partial charge in [0.05, 0.1) is 13.2 Å². The van der Waals surface area contributed by atoms with Crippen LogP contribution in [-0.2, 0) is 4.74 Å². The number of aromatic nitrogens is 1. The molecule has 1 N–H and O–H groups in total. The molecule has 2 aliphatic rings. The highest BCUT2D eigenvalue weighted by molar-refractivity contribution is 5.98. The van der Waals surface area contributed by atoms with E-state index >= 15 is 0 Å². The molecular formula is C29H43N3O4. The first-order valence-corrected chi connectivity index (χ1v) is 13.8. The lowest BCUT2D eigenvalue weighted by molar-refractivity contribution is 0.0654. The van der Waals surface area contributed by atoms with E-state index in [0.29, 0.717) is 48.6 Å². The average molecular weight is 498 g/mol. The van der Waals surface area contributed by atoms with Crippen LogP contribution in [0, 0.1) is 11.8 Å².